The van der Waals surface area contributed by atoms with Crippen LogP contribution >= 0.6 is 11.8 Å². The van der Waals surface area contributed by atoms with Crippen LogP contribution < -0.4 is 10.6 Å². The van der Waals surface area contributed by atoms with Crippen LogP contribution in [0.1, 0.15) is 12.2 Å². The summed E-state index contributed by atoms with van der Waals surface area (Å²) >= 11 is 2.02. The minimum absolute atomic E-state index is 0.198. The van der Waals surface area contributed by atoms with Crippen LogP contribution in [0.5, 0.6) is 0 Å². The fraction of sp³-hybridized carbons (Fsp3) is 0.562. The average Bonchev–Trinajstić information content (AvgIpc) is 3.23. The Morgan fingerprint density at radius 2 is 2.25 bits per heavy atom. The third-order valence-corrected chi connectivity index (χ3v) is 5.87. The van der Waals surface area contributed by atoms with Gasteiger partial charge in [-0.2, -0.15) is 11.8 Å². The highest BCUT2D eigenvalue weighted by Gasteiger charge is 2.36. The van der Waals surface area contributed by atoms with E-state index in [9.17, 15) is 0 Å². The first-order valence-electron chi connectivity index (χ1n) is 8.13. The van der Waals surface area contributed by atoms with E-state index < -0.39 is 0 Å². The van der Waals surface area contributed by atoms with Gasteiger partial charge in [0.15, 0.2) is 17.4 Å². The van der Waals surface area contributed by atoms with E-state index >= 15 is 0 Å². The molecule has 2 aromatic heterocycles. The summed E-state index contributed by atoms with van der Waals surface area (Å²) in [5.41, 5.74) is 1.05. The molecule has 3 heterocycles. The summed E-state index contributed by atoms with van der Waals surface area (Å²) in [7, 11) is 6.11. The Kier molecular flexibility index (Phi) is 5.25. The molecule has 1 fully saturated rings. The molecule has 0 radical (unpaired) electrons. The number of nitrogens with zero attached hydrogens (tertiary/aromatic N) is 5. The van der Waals surface area contributed by atoms with Gasteiger partial charge in [0.2, 0.25) is 0 Å². The second-order valence-electron chi connectivity index (χ2n) is 6.25. The molecule has 8 heteroatoms. The summed E-state index contributed by atoms with van der Waals surface area (Å²) in [6.07, 6.45) is 3.17. The first kappa shape index (κ1) is 17.0. The molecule has 0 aromatic carbocycles. The van der Waals surface area contributed by atoms with Gasteiger partial charge in [0.25, 0.3) is 0 Å². The van der Waals surface area contributed by atoms with E-state index in [0.29, 0.717) is 6.54 Å². The lowest BCUT2D eigenvalue weighted by Crippen LogP contribution is -2.54. The van der Waals surface area contributed by atoms with Crippen LogP contribution in [-0.4, -0.2) is 70.2 Å². The van der Waals surface area contributed by atoms with Crippen LogP contribution in [0, 0.1) is 0 Å². The zero-order chi connectivity index (χ0) is 17.0. The van der Waals surface area contributed by atoms with Crippen molar-refractivity contribution >= 4 is 23.4 Å². The molecule has 0 bridgehead atoms. The van der Waals surface area contributed by atoms with E-state index in [4.69, 9.17) is 0 Å². The Bertz CT molecular complexity index is 703. The van der Waals surface area contributed by atoms with Crippen LogP contribution in [0.15, 0.2) is 29.4 Å². The molecular weight excluding hydrogens is 322 g/mol. The molecule has 24 heavy (non-hydrogen) atoms. The lowest BCUT2D eigenvalue weighted by molar-refractivity contribution is 0.183. The Morgan fingerprint density at radius 3 is 2.96 bits per heavy atom. The highest BCUT2D eigenvalue weighted by Crippen LogP contribution is 2.31. The number of likely N-dealkylation sites (N-methyl/N-ethyl adjacent to an activating group) is 1. The molecule has 2 N–H and O–H groups in total. The van der Waals surface area contributed by atoms with Crippen LogP contribution in [0.25, 0.3) is 5.65 Å². The molecule has 2 aromatic rings. The standard InChI is InChI=1S/C16H25N7S/c1-17-15(19-11-16(22(2)3)7-9-24-12-16)18-10-14-21-20-13-6-4-5-8-23(13)14/h4-6,8H,7,9-12H2,1-3H3,(H2,17,18,19). The second kappa shape index (κ2) is 7.40. The molecule has 0 amide bonds. The smallest absolute Gasteiger partial charge is 0.191 e. The Hall–Kier alpha value is -1.80. The number of hydrogen-bond acceptors (Lipinski definition) is 5. The summed E-state index contributed by atoms with van der Waals surface area (Å²) in [6, 6.07) is 5.88. The monoisotopic (exact) mass is 347 g/mol. The zero-order valence-corrected chi connectivity index (χ0v) is 15.3. The largest absolute Gasteiger partial charge is 0.355 e. The number of thioether (sulfide) groups is 1. The van der Waals surface area contributed by atoms with Gasteiger partial charge in [0.05, 0.1) is 6.54 Å². The van der Waals surface area contributed by atoms with E-state index in [1.807, 2.05) is 40.6 Å². The van der Waals surface area contributed by atoms with Gasteiger partial charge in [-0.3, -0.25) is 9.39 Å². The minimum atomic E-state index is 0.198. The molecule has 130 valence electrons. The number of aromatic nitrogens is 3. The molecule has 1 aliphatic heterocycles. The van der Waals surface area contributed by atoms with Crippen molar-refractivity contribution in [3.63, 3.8) is 0 Å². The van der Waals surface area contributed by atoms with Crippen molar-refractivity contribution in [3.8, 4) is 0 Å². The Morgan fingerprint density at radius 1 is 1.38 bits per heavy atom. The lowest BCUT2D eigenvalue weighted by atomic mass is 9.97. The first-order valence-corrected chi connectivity index (χ1v) is 9.28. The predicted molar refractivity (Wildman–Crippen MR) is 99.5 cm³/mol. The number of guanidine groups is 1. The topological polar surface area (TPSA) is 69.8 Å². The maximum atomic E-state index is 4.33. The SMILES string of the molecule is CN=C(NCc1nnc2ccccn12)NCC1(N(C)C)CCSC1. The fourth-order valence-electron chi connectivity index (χ4n) is 2.89. The van der Waals surface area contributed by atoms with Gasteiger partial charge in [-0.05, 0) is 38.4 Å². The summed E-state index contributed by atoms with van der Waals surface area (Å²) in [5.74, 6) is 4.03. The molecule has 3 rings (SSSR count). The van der Waals surface area contributed by atoms with Crippen molar-refractivity contribution in [1.82, 2.24) is 30.1 Å². The van der Waals surface area contributed by atoms with Gasteiger partial charge in [-0.1, -0.05) is 6.07 Å². The van der Waals surface area contributed by atoms with Crippen LogP contribution in [0.2, 0.25) is 0 Å². The molecule has 0 spiro atoms. The van der Waals surface area contributed by atoms with Gasteiger partial charge in [-0.15, -0.1) is 10.2 Å². The van der Waals surface area contributed by atoms with E-state index in [0.717, 1.165) is 29.7 Å². The first-order chi connectivity index (χ1) is 11.6. The second-order valence-corrected chi connectivity index (χ2v) is 7.35. The van der Waals surface area contributed by atoms with Crippen molar-refractivity contribution in [2.45, 2.75) is 18.5 Å². The highest BCUT2D eigenvalue weighted by molar-refractivity contribution is 7.99. The van der Waals surface area contributed by atoms with E-state index in [1.54, 1.807) is 7.05 Å². The predicted octanol–water partition coefficient (Wildman–Crippen LogP) is 0.832. The summed E-state index contributed by atoms with van der Waals surface area (Å²) < 4.78 is 1.98. The summed E-state index contributed by atoms with van der Waals surface area (Å²) in [6.45, 7) is 1.46. The van der Waals surface area contributed by atoms with Gasteiger partial charge in [0.1, 0.15) is 0 Å². The molecule has 1 saturated heterocycles. The van der Waals surface area contributed by atoms with E-state index in [2.05, 4.69) is 44.8 Å². The van der Waals surface area contributed by atoms with Gasteiger partial charge >= 0.3 is 0 Å². The third-order valence-electron chi connectivity index (χ3n) is 4.64. The number of fused-ring (bicyclic) bond motifs is 1. The van der Waals surface area contributed by atoms with Crippen LogP contribution in [-0.2, 0) is 6.54 Å². The molecule has 1 unspecified atom stereocenters. The number of nitrogens with one attached hydrogen (secondary N) is 2. The number of pyridine rings is 1. The molecule has 0 saturated carbocycles. The van der Waals surface area contributed by atoms with Crippen molar-refractivity contribution in [3.05, 3.63) is 30.2 Å². The van der Waals surface area contributed by atoms with Crippen molar-refractivity contribution < 1.29 is 0 Å². The molecule has 7 nitrogen and oxygen atoms in total. The minimum Gasteiger partial charge on any atom is -0.355 e. The van der Waals surface area contributed by atoms with Crippen molar-refractivity contribution in [2.24, 2.45) is 4.99 Å². The van der Waals surface area contributed by atoms with Crippen molar-refractivity contribution in [2.75, 3.05) is 39.2 Å². The molecule has 0 aliphatic carbocycles. The Balaban J connectivity index is 1.59. The molecule has 1 aliphatic rings. The number of rotatable bonds is 5. The van der Waals surface area contributed by atoms with Crippen LogP contribution in [0.3, 0.4) is 0 Å². The Labute approximate surface area is 146 Å². The normalized spacial score (nSPS) is 21.6. The maximum absolute atomic E-state index is 4.33. The van der Waals surface area contributed by atoms with E-state index in [1.165, 1.54) is 12.2 Å². The maximum Gasteiger partial charge on any atom is 0.191 e. The molecular formula is C16H25N7S. The zero-order valence-electron chi connectivity index (χ0n) is 14.5. The van der Waals surface area contributed by atoms with E-state index in [-0.39, 0.29) is 5.54 Å². The highest BCUT2D eigenvalue weighted by atomic mass is 32.2. The summed E-state index contributed by atoms with van der Waals surface area (Å²) in [5, 5.41) is 15.2. The number of hydrogen-bond donors (Lipinski definition) is 2. The number of aliphatic imine (C=N–C) groups is 1. The summed E-state index contributed by atoms with van der Waals surface area (Å²) in [4.78, 5) is 6.66. The van der Waals surface area contributed by atoms with Gasteiger partial charge in [0, 0.05) is 31.1 Å². The van der Waals surface area contributed by atoms with Gasteiger partial charge < -0.3 is 15.5 Å². The average molecular weight is 347 g/mol. The fourth-order valence-corrected chi connectivity index (χ4v) is 4.44. The van der Waals surface area contributed by atoms with Crippen molar-refractivity contribution in [1.29, 1.82) is 0 Å². The molecule has 1 atom stereocenters. The van der Waals surface area contributed by atoms with Crippen LogP contribution in [0.4, 0.5) is 0 Å². The van der Waals surface area contributed by atoms with Gasteiger partial charge in [-0.25, -0.2) is 0 Å². The third kappa shape index (κ3) is 3.49. The lowest BCUT2D eigenvalue weighted by Gasteiger charge is -2.36. The quantitative estimate of drug-likeness (QED) is 0.617.